The van der Waals surface area contributed by atoms with Crippen LogP contribution in [-0.4, -0.2) is 37.2 Å². The van der Waals surface area contributed by atoms with Gasteiger partial charge in [0.05, 0.1) is 5.75 Å². The van der Waals surface area contributed by atoms with E-state index in [1.165, 1.54) is 0 Å². The van der Waals surface area contributed by atoms with Gasteiger partial charge in [-0.1, -0.05) is 13.8 Å². The standard InChI is InChI=1S/C13H25N5O2S/c1-3-6-11-17-12(15-7-4-2)10-13(18-11)16-8-5-9-21(14,19)20/h10H,3-9H2,1-2H3,(H2,14,19,20)(H2,15,16,17,18). The van der Waals surface area contributed by atoms with E-state index in [1.54, 1.807) is 0 Å². The van der Waals surface area contributed by atoms with Crippen LogP contribution in [0, 0.1) is 0 Å². The van der Waals surface area contributed by atoms with Gasteiger partial charge in [0.25, 0.3) is 0 Å². The fraction of sp³-hybridized carbons (Fsp3) is 0.692. The van der Waals surface area contributed by atoms with Crippen LogP contribution in [0.3, 0.4) is 0 Å². The van der Waals surface area contributed by atoms with Crippen molar-refractivity contribution in [1.29, 1.82) is 0 Å². The van der Waals surface area contributed by atoms with Crippen LogP contribution >= 0.6 is 0 Å². The molecule has 0 aromatic carbocycles. The van der Waals surface area contributed by atoms with Crippen molar-refractivity contribution in [3.05, 3.63) is 11.9 Å². The van der Waals surface area contributed by atoms with E-state index in [4.69, 9.17) is 5.14 Å². The van der Waals surface area contributed by atoms with Crippen molar-refractivity contribution in [1.82, 2.24) is 9.97 Å². The number of nitrogens with one attached hydrogen (secondary N) is 2. The Morgan fingerprint density at radius 1 is 1.10 bits per heavy atom. The molecule has 0 saturated heterocycles. The molecule has 0 radical (unpaired) electrons. The quantitative estimate of drug-likeness (QED) is 0.562. The summed E-state index contributed by atoms with van der Waals surface area (Å²) in [6.07, 6.45) is 3.25. The smallest absolute Gasteiger partial charge is 0.209 e. The Balaban J connectivity index is 2.64. The Labute approximate surface area is 126 Å². The van der Waals surface area contributed by atoms with Gasteiger partial charge in [0.1, 0.15) is 17.5 Å². The van der Waals surface area contributed by atoms with Crippen LogP contribution in [0.1, 0.15) is 38.9 Å². The summed E-state index contributed by atoms with van der Waals surface area (Å²) >= 11 is 0. The van der Waals surface area contributed by atoms with Crippen molar-refractivity contribution < 1.29 is 8.42 Å². The Kier molecular flexibility index (Phi) is 7.38. The number of nitrogens with zero attached hydrogens (tertiary/aromatic N) is 2. The monoisotopic (exact) mass is 315 g/mol. The molecule has 1 aromatic rings. The third-order valence-electron chi connectivity index (χ3n) is 2.71. The van der Waals surface area contributed by atoms with Crippen LogP contribution in [0.25, 0.3) is 0 Å². The lowest BCUT2D eigenvalue weighted by Crippen LogP contribution is -2.19. The molecule has 4 N–H and O–H groups in total. The highest BCUT2D eigenvalue weighted by Gasteiger charge is 2.05. The minimum atomic E-state index is -3.40. The van der Waals surface area contributed by atoms with Gasteiger partial charge in [0.15, 0.2) is 0 Å². The van der Waals surface area contributed by atoms with Gasteiger partial charge in [0.2, 0.25) is 10.0 Å². The molecule has 1 rings (SSSR count). The first-order chi connectivity index (χ1) is 9.94. The van der Waals surface area contributed by atoms with Crippen LogP contribution in [-0.2, 0) is 16.4 Å². The van der Waals surface area contributed by atoms with E-state index in [0.29, 0.717) is 18.8 Å². The minimum Gasteiger partial charge on any atom is -0.370 e. The molecule has 120 valence electrons. The zero-order valence-electron chi connectivity index (χ0n) is 12.7. The predicted molar refractivity (Wildman–Crippen MR) is 85.9 cm³/mol. The van der Waals surface area contributed by atoms with E-state index in [2.05, 4.69) is 34.4 Å². The van der Waals surface area contributed by atoms with Crippen molar-refractivity contribution in [2.24, 2.45) is 5.14 Å². The lowest BCUT2D eigenvalue weighted by molar-refractivity contribution is 0.595. The maximum absolute atomic E-state index is 10.9. The largest absolute Gasteiger partial charge is 0.370 e. The highest BCUT2D eigenvalue weighted by Crippen LogP contribution is 2.12. The zero-order valence-corrected chi connectivity index (χ0v) is 13.5. The average Bonchev–Trinajstić information content (AvgIpc) is 2.41. The zero-order chi connectivity index (χ0) is 15.7. The normalized spacial score (nSPS) is 11.4. The number of aryl methyl sites for hydroxylation is 1. The SMILES string of the molecule is CCCNc1cc(NCCCS(N)(=O)=O)nc(CCC)n1. The minimum absolute atomic E-state index is 0.0339. The molecule has 0 aliphatic heterocycles. The van der Waals surface area contributed by atoms with Gasteiger partial charge in [-0.25, -0.2) is 23.5 Å². The highest BCUT2D eigenvalue weighted by molar-refractivity contribution is 7.89. The lowest BCUT2D eigenvalue weighted by atomic mass is 10.3. The number of aromatic nitrogens is 2. The highest BCUT2D eigenvalue weighted by atomic mass is 32.2. The van der Waals surface area contributed by atoms with Gasteiger partial charge in [-0.15, -0.1) is 0 Å². The first-order valence-corrected chi connectivity index (χ1v) is 9.02. The predicted octanol–water partition coefficient (Wildman–Crippen LogP) is 1.34. The molecule has 0 bridgehead atoms. The van der Waals surface area contributed by atoms with E-state index in [0.717, 1.165) is 37.4 Å². The van der Waals surface area contributed by atoms with Crippen molar-refractivity contribution in [3.63, 3.8) is 0 Å². The number of primary sulfonamides is 1. The molecule has 0 aliphatic carbocycles. The number of anilines is 2. The third-order valence-corrected chi connectivity index (χ3v) is 3.57. The molecule has 0 spiro atoms. The van der Waals surface area contributed by atoms with Gasteiger partial charge >= 0.3 is 0 Å². The molecule has 7 nitrogen and oxygen atoms in total. The number of sulfonamides is 1. The molecular weight excluding hydrogens is 290 g/mol. The van der Waals surface area contributed by atoms with Gasteiger partial charge in [0, 0.05) is 25.6 Å². The molecule has 0 unspecified atom stereocenters. The average molecular weight is 315 g/mol. The van der Waals surface area contributed by atoms with Crippen LogP contribution in [0.15, 0.2) is 6.07 Å². The van der Waals surface area contributed by atoms with E-state index in [1.807, 2.05) is 6.07 Å². The van der Waals surface area contributed by atoms with E-state index in [9.17, 15) is 8.42 Å². The van der Waals surface area contributed by atoms with E-state index >= 15 is 0 Å². The Morgan fingerprint density at radius 2 is 1.71 bits per heavy atom. The van der Waals surface area contributed by atoms with Crippen LogP contribution in [0.2, 0.25) is 0 Å². The summed E-state index contributed by atoms with van der Waals surface area (Å²) in [6, 6.07) is 1.84. The molecule has 21 heavy (non-hydrogen) atoms. The number of hydrogen-bond donors (Lipinski definition) is 3. The topological polar surface area (TPSA) is 110 Å². The first-order valence-electron chi connectivity index (χ1n) is 7.30. The summed E-state index contributed by atoms with van der Waals surface area (Å²) in [4.78, 5) is 8.87. The summed E-state index contributed by atoms with van der Waals surface area (Å²) in [5.74, 6) is 2.26. The van der Waals surface area contributed by atoms with Crippen molar-refractivity contribution in [3.8, 4) is 0 Å². The summed E-state index contributed by atoms with van der Waals surface area (Å²) in [6.45, 7) is 5.53. The second-order valence-electron chi connectivity index (χ2n) is 4.88. The van der Waals surface area contributed by atoms with Crippen molar-refractivity contribution in [2.45, 2.75) is 39.5 Å². The van der Waals surface area contributed by atoms with E-state index < -0.39 is 10.0 Å². The van der Waals surface area contributed by atoms with Crippen LogP contribution in [0.5, 0.6) is 0 Å². The van der Waals surface area contributed by atoms with Crippen LogP contribution in [0.4, 0.5) is 11.6 Å². The lowest BCUT2D eigenvalue weighted by Gasteiger charge is -2.10. The van der Waals surface area contributed by atoms with Crippen molar-refractivity contribution in [2.75, 3.05) is 29.5 Å². The molecule has 0 saturated carbocycles. The number of hydrogen-bond acceptors (Lipinski definition) is 6. The van der Waals surface area contributed by atoms with Gasteiger partial charge in [-0.2, -0.15) is 0 Å². The van der Waals surface area contributed by atoms with Gasteiger partial charge in [-0.3, -0.25) is 0 Å². The maximum Gasteiger partial charge on any atom is 0.209 e. The molecule has 0 aliphatic rings. The fourth-order valence-electron chi connectivity index (χ4n) is 1.76. The third kappa shape index (κ3) is 7.81. The molecule has 1 aromatic heterocycles. The summed E-state index contributed by atoms with van der Waals surface area (Å²) in [7, 11) is -3.40. The first kappa shape index (κ1) is 17.6. The molecule has 0 fully saturated rings. The van der Waals surface area contributed by atoms with Crippen LogP contribution < -0.4 is 15.8 Å². The Bertz CT molecular complexity index is 533. The fourth-order valence-corrected chi connectivity index (χ4v) is 2.30. The number of rotatable bonds is 10. The summed E-state index contributed by atoms with van der Waals surface area (Å²) in [5.41, 5.74) is 0. The molecule has 8 heteroatoms. The second-order valence-corrected chi connectivity index (χ2v) is 6.61. The molecule has 0 amide bonds. The summed E-state index contributed by atoms with van der Waals surface area (Å²) in [5, 5.41) is 11.3. The Morgan fingerprint density at radius 3 is 2.24 bits per heavy atom. The van der Waals surface area contributed by atoms with Gasteiger partial charge < -0.3 is 10.6 Å². The molecular formula is C13H25N5O2S. The number of nitrogens with two attached hydrogens (primary N) is 1. The van der Waals surface area contributed by atoms with Gasteiger partial charge in [-0.05, 0) is 19.3 Å². The Hall–Kier alpha value is -1.41. The summed E-state index contributed by atoms with van der Waals surface area (Å²) < 4.78 is 21.7. The second kappa shape index (κ2) is 8.78. The van der Waals surface area contributed by atoms with E-state index in [-0.39, 0.29) is 5.75 Å². The maximum atomic E-state index is 10.9. The molecule has 1 heterocycles. The molecule has 0 atom stereocenters. The van der Waals surface area contributed by atoms with Crippen molar-refractivity contribution >= 4 is 21.7 Å².